The van der Waals surface area contributed by atoms with Gasteiger partial charge in [-0.15, -0.1) is 0 Å². The summed E-state index contributed by atoms with van der Waals surface area (Å²) < 4.78 is 19.2. The molecule has 5 nitrogen and oxygen atoms in total. The van der Waals surface area contributed by atoms with Gasteiger partial charge < -0.3 is 20.1 Å². The summed E-state index contributed by atoms with van der Waals surface area (Å²) in [6.45, 7) is 4.25. The van der Waals surface area contributed by atoms with Gasteiger partial charge >= 0.3 is 0 Å². The molecule has 34 heavy (non-hydrogen) atoms. The second kappa shape index (κ2) is 10.5. The molecule has 1 amide bonds. The van der Waals surface area contributed by atoms with Gasteiger partial charge in [0, 0.05) is 23.0 Å². The number of amides is 1. The van der Waals surface area contributed by atoms with E-state index in [1.807, 2.05) is 50.4 Å². The summed E-state index contributed by atoms with van der Waals surface area (Å²) in [6, 6.07) is 19.0. The van der Waals surface area contributed by atoms with Crippen LogP contribution in [0.15, 0.2) is 72.9 Å². The first-order valence-corrected chi connectivity index (χ1v) is 11.5. The predicted octanol–water partition coefficient (Wildman–Crippen LogP) is 5.66. The molecule has 4 aromatic rings. The number of aromatic nitrogens is 1. The SMILES string of the molecule is CCCOc1ccc(-c2ccc(F)cc2)cc1C(=O)NC(CO)[C@H](C)c1c[nH]c2ccccc12. The predicted molar refractivity (Wildman–Crippen MR) is 133 cm³/mol. The summed E-state index contributed by atoms with van der Waals surface area (Å²) in [5, 5.41) is 14.2. The maximum atomic E-state index is 13.4. The standard InChI is InChI=1S/C28H29FN2O3/c1-3-14-34-27-13-10-20(19-8-11-21(29)12-9-19)15-23(27)28(33)31-26(17-32)18(2)24-16-30-25-7-5-4-6-22(24)25/h4-13,15-16,18,26,30,32H,3,14,17H2,1-2H3,(H,31,33)/t18-,26?/m1/s1. The van der Waals surface area contributed by atoms with Gasteiger partial charge in [-0.3, -0.25) is 4.79 Å². The van der Waals surface area contributed by atoms with Crippen molar-refractivity contribution < 1.29 is 19.0 Å². The molecule has 3 aromatic carbocycles. The average molecular weight is 461 g/mol. The van der Waals surface area contributed by atoms with Crippen LogP contribution < -0.4 is 10.1 Å². The number of ether oxygens (including phenoxy) is 1. The minimum Gasteiger partial charge on any atom is -0.493 e. The molecule has 0 aliphatic heterocycles. The maximum absolute atomic E-state index is 13.4. The third-order valence-electron chi connectivity index (χ3n) is 6.09. The number of aliphatic hydroxyl groups is 1. The van der Waals surface area contributed by atoms with Crippen molar-refractivity contribution in [1.29, 1.82) is 0 Å². The van der Waals surface area contributed by atoms with Crippen molar-refractivity contribution >= 4 is 16.8 Å². The van der Waals surface area contributed by atoms with Crippen LogP contribution in [0.5, 0.6) is 5.75 Å². The quantitative estimate of drug-likeness (QED) is 0.302. The maximum Gasteiger partial charge on any atom is 0.255 e. The zero-order valence-electron chi connectivity index (χ0n) is 19.3. The van der Waals surface area contributed by atoms with Crippen LogP contribution in [0.4, 0.5) is 4.39 Å². The Hall–Kier alpha value is -3.64. The molecule has 1 aromatic heterocycles. The summed E-state index contributed by atoms with van der Waals surface area (Å²) in [4.78, 5) is 16.7. The number of nitrogens with one attached hydrogen (secondary N) is 2. The summed E-state index contributed by atoms with van der Waals surface area (Å²) in [6.07, 6.45) is 2.73. The Bertz CT molecular complexity index is 1270. The van der Waals surface area contributed by atoms with Crippen LogP contribution in [0.25, 0.3) is 22.0 Å². The van der Waals surface area contributed by atoms with Gasteiger partial charge in [0.2, 0.25) is 0 Å². The Labute approximate surface area is 198 Å². The molecule has 4 rings (SSSR count). The highest BCUT2D eigenvalue weighted by atomic mass is 19.1. The third-order valence-corrected chi connectivity index (χ3v) is 6.09. The molecule has 1 unspecified atom stereocenters. The minimum atomic E-state index is -0.500. The van der Waals surface area contributed by atoms with Crippen LogP contribution in [0.1, 0.15) is 42.1 Å². The van der Waals surface area contributed by atoms with Crippen LogP contribution in [0.2, 0.25) is 0 Å². The van der Waals surface area contributed by atoms with E-state index in [0.29, 0.717) is 17.9 Å². The molecule has 0 bridgehead atoms. The molecule has 0 saturated heterocycles. The number of para-hydroxylation sites is 1. The van der Waals surface area contributed by atoms with Crippen LogP contribution >= 0.6 is 0 Å². The number of aromatic amines is 1. The first-order chi connectivity index (χ1) is 16.5. The van der Waals surface area contributed by atoms with Crippen LogP contribution in [0.3, 0.4) is 0 Å². The number of hydrogen-bond acceptors (Lipinski definition) is 3. The van der Waals surface area contributed by atoms with Gasteiger partial charge in [-0.2, -0.15) is 0 Å². The van der Waals surface area contributed by atoms with E-state index in [2.05, 4.69) is 10.3 Å². The lowest BCUT2D eigenvalue weighted by Gasteiger charge is -2.24. The number of fused-ring (bicyclic) bond motifs is 1. The highest BCUT2D eigenvalue weighted by Gasteiger charge is 2.25. The number of halogens is 1. The van der Waals surface area contributed by atoms with E-state index in [-0.39, 0.29) is 24.2 Å². The highest BCUT2D eigenvalue weighted by molar-refractivity contribution is 5.98. The number of H-pyrrole nitrogens is 1. The van der Waals surface area contributed by atoms with Gasteiger partial charge in [-0.05, 0) is 53.4 Å². The molecule has 0 aliphatic rings. The van der Waals surface area contributed by atoms with Crippen LogP contribution in [-0.4, -0.2) is 35.3 Å². The van der Waals surface area contributed by atoms with E-state index in [4.69, 9.17) is 4.74 Å². The smallest absolute Gasteiger partial charge is 0.255 e. The van der Waals surface area contributed by atoms with Crippen molar-refractivity contribution in [2.75, 3.05) is 13.2 Å². The third kappa shape index (κ3) is 4.97. The zero-order chi connectivity index (χ0) is 24.1. The van der Waals surface area contributed by atoms with Gasteiger partial charge in [0.05, 0.1) is 24.8 Å². The van der Waals surface area contributed by atoms with Gasteiger partial charge in [0.1, 0.15) is 11.6 Å². The minimum absolute atomic E-state index is 0.134. The van der Waals surface area contributed by atoms with Gasteiger partial charge in [-0.1, -0.05) is 50.2 Å². The van der Waals surface area contributed by atoms with E-state index in [9.17, 15) is 14.3 Å². The fourth-order valence-electron chi connectivity index (χ4n) is 4.13. The lowest BCUT2D eigenvalue weighted by Crippen LogP contribution is -2.41. The largest absolute Gasteiger partial charge is 0.493 e. The van der Waals surface area contributed by atoms with E-state index in [1.165, 1.54) is 12.1 Å². The number of benzene rings is 3. The first kappa shape index (κ1) is 23.5. The normalized spacial score (nSPS) is 12.9. The lowest BCUT2D eigenvalue weighted by atomic mass is 9.93. The second-order valence-corrected chi connectivity index (χ2v) is 8.41. The van der Waals surface area contributed by atoms with Crippen molar-refractivity contribution in [2.24, 2.45) is 0 Å². The van der Waals surface area contributed by atoms with E-state index in [0.717, 1.165) is 34.0 Å². The first-order valence-electron chi connectivity index (χ1n) is 11.5. The fraction of sp³-hybridized carbons (Fsp3) is 0.250. The summed E-state index contributed by atoms with van der Waals surface area (Å²) in [7, 11) is 0. The molecule has 0 radical (unpaired) electrons. The highest BCUT2D eigenvalue weighted by Crippen LogP contribution is 2.30. The Morgan fingerprint density at radius 2 is 1.82 bits per heavy atom. The summed E-state index contributed by atoms with van der Waals surface area (Å²) in [5.41, 5.74) is 3.98. The second-order valence-electron chi connectivity index (χ2n) is 8.41. The topological polar surface area (TPSA) is 74.3 Å². The van der Waals surface area contributed by atoms with Crippen molar-refractivity contribution in [3.63, 3.8) is 0 Å². The number of carbonyl (C=O) groups is 1. The Kier molecular flexibility index (Phi) is 7.28. The summed E-state index contributed by atoms with van der Waals surface area (Å²) in [5.74, 6) is -0.311. The Balaban J connectivity index is 1.62. The Morgan fingerprint density at radius 1 is 1.09 bits per heavy atom. The number of carbonyl (C=O) groups excluding carboxylic acids is 1. The van der Waals surface area contributed by atoms with Crippen molar-refractivity contribution in [1.82, 2.24) is 10.3 Å². The van der Waals surface area contributed by atoms with Gasteiger partial charge in [-0.25, -0.2) is 4.39 Å². The van der Waals surface area contributed by atoms with E-state index < -0.39 is 6.04 Å². The molecule has 3 N–H and O–H groups in total. The van der Waals surface area contributed by atoms with Crippen molar-refractivity contribution in [2.45, 2.75) is 32.2 Å². The average Bonchev–Trinajstić information content (AvgIpc) is 3.30. The number of aliphatic hydroxyl groups excluding tert-OH is 1. The van der Waals surface area contributed by atoms with Crippen LogP contribution in [0, 0.1) is 5.82 Å². The van der Waals surface area contributed by atoms with Gasteiger partial charge in [0.25, 0.3) is 5.91 Å². The van der Waals surface area contributed by atoms with E-state index in [1.54, 1.807) is 24.3 Å². The fourth-order valence-corrected chi connectivity index (χ4v) is 4.13. The van der Waals surface area contributed by atoms with Crippen molar-refractivity contribution in [3.8, 4) is 16.9 Å². The number of rotatable bonds is 9. The monoisotopic (exact) mass is 460 g/mol. The Morgan fingerprint density at radius 3 is 2.56 bits per heavy atom. The zero-order valence-corrected chi connectivity index (χ0v) is 19.3. The molecule has 0 spiro atoms. The molecule has 2 atom stereocenters. The molecule has 0 fully saturated rings. The molecule has 0 aliphatic carbocycles. The van der Waals surface area contributed by atoms with Gasteiger partial charge in [0.15, 0.2) is 0 Å². The lowest BCUT2D eigenvalue weighted by molar-refractivity contribution is 0.0903. The molecular formula is C28H29FN2O3. The number of hydrogen-bond donors (Lipinski definition) is 3. The molecular weight excluding hydrogens is 431 g/mol. The molecule has 1 heterocycles. The van der Waals surface area contributed by atoms with Crippen molar-refractivity contribution in [3.05, 3.63) is 89.9 Å². The molecule has 0 saturated carbocycles. The summed E-state index contributed by atoms with van der Waals surface area (Å²) >= 11 is 0. The van der Waals surface area contributed by atoms with Crippen LogP contribution in [-0.2, 0) is 0 Å². The van der Waals surface area contributed by atoms with E-state index >= 15 is 0 Å². The molecule has 6 heteroatoms. The molecule has 176 valence electrons.